The first-order valence-electron chi connectivity index (χ1n) is 9.09. The zero-order valence-electron chi connectivity index (χ0n) is 15.7. The fourth-order valence-corrected chi connectivity index (χ4v) is 6.01. The van der Waals surface area contributed by atoms with Crippen molar-refractivity contribution in [2.24, 2.45) is 4.99 Å². The first-order chi connectivity index (χ1) is 13.9. The van der Waals surface area contributed by atoms with Crippen molar-refractivity contribution in [1.82, 2.24) is 4.31 Å². The third-order valence-corrected chi connectivity index (χ3v) is 7.74. The first-order valence-corrected chi connectivity index (χ1v) is 11.4. The van der Waals surface area contributed by atoms with Crippen molar-refractivity contribution < 1.29 is 12.8 Å². The molecule has 1 heterocycles. The van der Waals surface area contributed by atoms with E-state index in [9.17, 15) is 12.8 Å². The fourth-order valence-electron chi connectivity index (χ4n) is 3.04. The van der Waals surface area contributed by atoms with Gasteiger partial charge in [0.15, 0.2) is 5.17 Å². The summed E-state index contributed by atoms with van der Waals surface area (Å²) in [6.07, 6.45) is 0. The van der Waals surface area contributed by atoms with E-state index in [2.05, 4.69) is 4.99 Å². The van der Waals surface area contributed by atoms with E-state index in [4.69, 9.17) is 0 Å². The molecule has 148 valence electrons. The van der Waals surface area contributed by atoms with Gasteiger partial charge in [-0.25, -0.2) is 22.1 Å². The second kappa shape index (κ2) is 8.00. The molecule has 0 saturated carbocycles. The van der Waals surface area contributed by atoms with Gasteiger partial charge in [0.05, 0.1) is 22.4 Å². The number of nitrogens with zero attached hydrogens (tertiary/aromatic N) is 2. The minimum Gasteiger partial charge on any atom is -0.243 e. The summed E-state index contributed by atoms with van der Waals surface area (Å²) in [7, 11) is -3.77. The van der Waals surface area contributed by atoms with Crippen molar-refractivity contribution in [3.8, 4) is 0 Å². The standard InChI is InChI=1S/C22H19FN2O2S2/c1-16-7-13-20(14-8-16)29(26,27)25-15-21(17-5-3-2-4-6-17)28-22(25)24-19-11-9-18(23)10-12-19/h2-14,21H,15H2,1H3/t21-/m0/s1. The number of aryl methyl sites for hydroxylation is 1. The Hall–Kier alpha value is -2.64. The summed E-state index contributed by atoms with van der Waals surface area (Å²) in [5.74, 6) is -0.362. The Morgan fingerprint density at radius 1 is 0.966 bits per heavy atom. The molecule has 0 aromatic heterocycles. The molecule has 3 aromatic rings. The predicted octanol–water partition coefficient (Wildman–Crippen LogP) is 5.30. The molecule has 4 nitrogen and oxygen atoms in total. The average molecular weight is 427 g/mol. The quantitative estimate of drug-likeness (QED) is 0.569. The van der Waals surface area contributed by atoms with Gasteiger partial charge in [-0.1, -0.05) is 59.8 Å². The van der Waals surface area contributed by atoms with E-state index >= 15 is 0 Å². The molecule has 0 radical (unpaired) electrons. The highest BCUT2D eigenvalue weighted by Crippen LogP contribution is 2.41. The second-order valence-electron chi connectivity index (χ2n) is 6.74. The highest BCUT2D eigenvalue weighted by Gasteiger charge is 2.38. The van der Waals surface area contributed by atoms with Gasteiger partial charge in [-0.3, -0.25) is 0 Å². The number of hydrogen-bond acceptors (Lipinski definition) is 4. The summed E-state index contributed by atoms with van der Waals surface area (Å²) in [5, 5.41) is 0.307. The van der Waals surface area contributed by atoms with Crippen LogP contribution in [0.2, 0.25) is 0 Å². The number of sulfonamides is 1. The Bertz CT molecular complexity index is 1130. The lowest BCUT2D eigenvalue weighted by Gasteiger charge is -2.18. The van der Waals surface area contributed by atoms with Crippen LogP contribution in [0.1, 0.15) is 16.4 Å². The molecule has 29 heavy (non-hydrogen) atoms. The summed E-state index contributed by atoms with van der Waals surface area (Å²) >= 11 is 1.40. The molecule has 3 aromatic carbocycles. The van der Waals surface area contributed by atoms with Crippen molar-refractivity contribution in [2.75, 3.05) is 6.54 Å². The Morgan fingerprint density at radius 2 is 1.62 bits per heavy atom. The molecule has 0 N–H and O–H groups in total. The average Bonchev–Trinajstić information content (AvgIpc) is 3.15. The molecule has 0 aliphatic carbocycles. The summed E-state index contributed by atoms with van der Waals surface area (Å²) in [6, 6.07) is 22.2. The predicted molar refractivity (Wildman–Crippen MR) is 115 cm³/mol. The summed E-state index contributed by atoms with van der Waals surface area (Å²) in [4.78, 5) is 4.75. The van der Waals surface area contributed by atoms with Crippen LogP contribution in [0.3, 0.4) is 0 Å². The van der Waals surface area contributed by atoms with Gasteiger partial charge in [0.25, 0.3) is 10.0 Å². The maximum Gasteiger partial charge on any atom is 0.265 e. The zero-order chi connectivity index (χ0) is 20.4. The van der Waals surface area contributed by atoms with E-state index in [0.29, 0.717) is 10.9 Å². The van der Waals surface area contributed by atoms with Crippen LogP contribution in [0.25, 0.3) is 0 Å². The van der Waals surface area contributed by atoms with Crippen LogP contribution in [0.15, 0.2) is 88.8 Å². The van der Waals surface area contributed by atoms with Crippen LogP contribution in [0.4, 0.5) is 10.1 Å². The second-order valence-corrected chi connectivity index (χ2v) is 9.77. The number of halogens is 1. The number of hydrogen-bond donors (Lipinski definition) is 0. The Labute approximate surface area is 174 Å². The van der Waals surface area contributed by atoms with Crippen LogP contribution < -0.4 is 0 Å². The van der Waals surface area contributed by atoms with Gasteiger partial charge in [0.2, 0.25) is 0 Å². The lowest BCUT2D eigenvalue weighted by molar-refractivity contribution is 0.529. The molecule has 0 bridgehead atoms. The van der Waals surface area contributed by atoms with E-state index in [-0.39, 0.29) is 22.5 Å². The molecule has 1 atom stereocenters. The molecule has 0 amide bonds. The first kappa shape index (κ1) is 19.7. The van der Waals surface area contributed by atoms with Crippen molar-refractivity contribution in [3.63, 3.8) is 0 Å². The number of amidine groups is 1. The molecule has 0 spiro atoms. The summed E-state index contributed by atoms with van der Waals surface area (Å²) in [6.45, 7) is 2.19. The molecule has 1 fully saturated rings. The van der Waals surface area contributed by atoms with Gasteiger partial charge >= 0.3 is 0 Å². The maximum atomic E-state index is 13.3. The largest absolute Gasteiger partial charge is 0.265 e. The van der Waals surface area contributed by atoms with Gasteiger partial charge in [-0.15, -0.1) is 0 Å². The molecule has 7 heteroatoms. The number of benzene rings is 3. The van der Waals surface area contributed by atoms with Crippen LogP contribution >= 0.6 is 11.8 Å². The smallest absolute Gasteiger partial charge is 0.243 e. The zero-order valence-corrected chi connectivity index (χ0v) is 17.3. The van der Waals surface area contributed by atoms with Crippen molar-refractivity contribution in [2.45, 2.75) is 17.1 Å². The Morgan fingerprint density at radius 3 is 2.28 bits per heavy atom. The SMILES string of the molecule is Cc1ccc(S(=O)(=O)N2C[C@@H](c3ccccc3)SC2=Nc2ccc(F)cc2)cc1. The van der Waals surface area contributed by atoms with Crippen LogP contribution in [0.5, 0.6) is 0 Å². The van der Waals surface area contributed by atoms with Crippen molar-refractivity contribution in [1.29, 1.82) is 0 Å². The van der Waals surface area contributed by atoms with Gasteiger partial charge in [-0.05, 0) is 48.9 Å². The van der Waals surface area contributed by atoms with Gasteiger partial charge < -0.3 is 0 Å². The fraction of sp³-hybridized carbons (Fsp3) is 0.136. The molecule has 1 saturated heterocycles. The summed E-state index contributed by atoms with van der Waals surface area (Å²) < 4.78 is 41.3. The van der Waals surface area contributed by atoms with E-state index in [1.165, 1.54) is 40.3 Å². The third kappa shape index (κ3) is 4.21. The van der Waals surface area contributed by atoms with Gasteiger partial charge in [0, 0.05) is 0 Å². The number of thioether (sulfide) groups is 1. The topological polar surface area (TPSA) is 49.7 Å². The van der Waals surface area contributed by atoms with Crippen molar-refractivity contribution in [3.05, 3.63) is 95.8 Å². The lowest BCUT2D eigenvalue weighted by atomic mass is 10.1. The summed E-state index contributed by atoms with van der Waals surface area (Å²) in [5.41, 5.74) is 2.53. The monoisotopic (exact) mass is 426 g/mol. The van der Waals surface area contributed by atoms with Gasteiger partial charge in [-0.2, -0.15) is 0 Å². The molecular weight excluding hydrogens is 407 g/mol. The van der Waals surface area contributed by atoms with Crippen molar-refractivity contribution >= 4 is 32.6 Å². The normalized spacial score (nSPS) is 18.3. The Kier molecular flexibility index (Phi) is 5.43. The van der Waals surface area contributed by atoms with Crippen LogP contribution in [0, 0.1) is 12.7 Å². The van der Waals surface area contributed by atoms with Gasteiger partial charge in [0.1, 0.15) is 5.82 Å². The lowest BCUT2D eigenvalue weighted by Crippen LogP contribution is -2.32. The molecular formula is C22H19FN2O2S2. The Balaban J connectivity index is 1.75. The van der Waals surface area contributed by atoms with E-state index in [1.807, 2.05) is 37.3 Å². The van der Waals surface area contributed by atoms with E-state index < -0.39 is 10.0 Å². The third-order valence-electron chi connectivity index (χ3n) is 4.62. The van der Waals surface area contributed by atoms with Crippen LogP contribution in [-0.2, 0) is 10.0 Å². The molecule has 0 unspecified atom stereocenters. The van der Waals surface area contributed by atoms with Crippen LogP contribution in [-0.4, -0.2) is 24.4 Å². The maximum absolute atomic E-state index is 13.3. The minimum absolute atomic E-state index is 0.0735. The molecule has 4 rings (SSSR count). The van der Waals surface area contributed by atoms with E-state index in [0.717, 1.165) is 11.1 Å². The number of aliphatic imine (C=N–C) groups is 1. The minimum atomic E-state index is -3.77. The molecule has 1 aliphatic rings. The highest BCUT2D eigenvalue weighted by atomic mass is 32.2. The number of rotatable bonds is 4. The highest BCUT2D eigenvalue weighted by molar-refractivity contribution is 8.15. The molecule has 1 aliphatic heterocycles. The van der Waals surface area contributed by atoms with E-state index in [1.54, 1.807) is 24.3 Å².